The van der Waals surface area contributed by atoms with Crippen molar-refractivity contribution in [1.82, 2.24) is 4.98 Å². The summed E-state index contributed by atoms with van der Waals surface area (Å²) in [7, 11) is 0. The van der Waals surface area contributed by atoms with Gasteiger partial charge in [-0.1, -0.05) is 104 Å². The number of nitrogens with zero attached hydrogens (tertiary/aromatic N) is 1. The van der Waals surface area contributed by atoms with Crippen LogP contribution in [0.3, 0.4) is 0 Å². The molecule has 1 radical (unpaired) electrons. The molecule has 6 rings (SSSR count). The Balaban J connectivity index is 0.000000279. The second kappa shape index (κ2) is 16.0. The number of pyridine rings is 1. The zero-order valence-electron chi connectivity index (χ0n) is 31.8. The first-order valence-electron chi connectivity index (χ1n) is 18.0. The predicted octanol–water partition coefficient (Wildman–Crippen LogP) is 13.6. The molecule has 3 aromatic carbocycles. The molecule has 271 valence electrons. The minimum absolute atomic E-state index is 0. The molecule has 0 spiro atoms. The molecule has 0 aliphatic carbocycles. The molecule has 0 fully saturated rings. The average molecular weight is 879 g/mol. The number of allylic oxidation sites excluding steroid dienone is 2. The number of carbonyl (C=O) groups is 1. The van der Waals surface area contributed by atoms with Crippen molar-refractivity contribution in [3.8, 4) is 22.6 Å². The standard InChI is InChI=1S/C30H24NOS.C15H28O2.Ir/c1-18-17-33-27-16-20(9-10-23(18)27)26-15-21-11-12-31-28(29(21)32-26)22-13-19-7-5-6-8-24(19)25(14-22)30(2,3)4;1-7-14(5,8-2)12(16)11-13(17)15(6,9-3)10-4;/h5-12,14-17H,1-4H3;11,16H,7-10H2,1-6H3;/q-1;;/b;12-11-;. The molecule has 0 amide bonds. The van der Waals surface area contributed by atoms with E-state index in [1.807, 2.05) is 53.8 Å². The largest absolute Gasteiger partial charge is 0.512 e. The van der Waals surface area contributed by atoms with Crippen LogP contribution in [-0.2, 0) is 30.3 Å². The zero-order chi connectivity index (χ0) is 36.4. The monoisotopic (exact) mass is 879 g/mol. The van der Waals surface area contributed by atoms with Gasteiger partial charge < -0.3 is 9.52 Å². The van der Waals surface area contributed by atoms with Crippen LogP contribution in [0, 0.1) is 23.8 Å². The minimum atomic E-state index is -0.337. The molecule has 0 atom stereocenters. The molecule has 0 saturated heterocycles. The number of aromatic nitrogens is 1. The van der Waals surface area contributed by atoms with Gasteiger partial charge in [-0.25, -0.2) is 0 Å². The van der Waals surface area contributed by atoms with Gasteiger partial charge in [0.05, 0.1) is 0 Å². The maximum absolute atomic E-state index is 12.2. The predicted molar refractivity (Wildman–Crippen MR) is 213 cm³/mol. The van der Waals surface area contributed by atoms with Crippen LogP contribution in [0.25, 0.3) is 54.4 Å². The third-order valence-electron chi connectivity index (χ3n) is 10.9. The van der Waals surface area contributed by atoms with E-state index < -0.39 is 0 Å². The first kappa shape index (κ1) is 40.2. The summed E-state index contributed by atoms with van der Waals surface area (Å²) >= 11 is 1.78. The van der Waals surface area contributed by atoms with Crippen LogP contribution in [-0.4, -0.2) is 15.9 Å². The van der Waals surface area contributed by atoms with E-state index in [1.54, 1.807) is 11.3 Å². The second-order valence-electron chi connectivity index (χ2n) is 15.1. The van der Waals surface area contributed by atoms with Crippen LogP contribution >= 0.6 is 11.3 Å². The normalized spacial score (nSPS) is 12.5. The topological polar surface area (TPSA) is 63.3 Å². The number of ketones is 1. The number of thiophene rings is 1. The van der Waals surface area contributed by atoms with E-state index in [4.69, 9.17) is 9.40 Å². The zero-order valence-corrected chi connectivity index (χ0v) is 35.0. The van der Waals surface area contributed by atoms with Gasteiger partial charge in [0.25, 0.3) is 0 Å². The Morgan fingerprint density at radius 1 is 0.882 bits per heavy atom. The Hall–Kier alpha value is -3.57. The van der Waals surface area contributed by atoms with Gasteiger partial charge in [0.2, 0.25) is 0 Å². The van der Waals surface area contributed by atoms with E-state index in [1.165, 1.54) is 32.7 Å². The van der Waals surface area contributed by atoms with Gasteiger partial charge in [0.1, 0.15) is 17.1 Å². The van der Waals surface area contributed by atoms with E-state index in [0.29, 0.717) is 0 Å². The number of benzene rings is 3. The number of hydrogen-bond donors (Lipinski definition) is 1. The summed E-state index contributed by atoms with van der Waals surface area (Å²) in [6.45, 7) is 21.0. The molecular weight excluding hydrogens is 827 g/mol. The Bertz CT molecular complexity index is 2170. The van der Waals surface area contributed by atoms with Gasteiger partial charge in [-0.3, -0.25) is 9.78 Å². The summed E-state index contributed by atoms with van der Waals surface area (Å²) in [6, 6.07) is 25.0. The smallest absolute Gasteiger partial charge is 0.164 e. The van der Waals surface area contributed by atoms with Crippen molar-refractivity contribution < 1.29 is 34.4 Å². The van der Waals surface area contributed by atoms with Crippen molar-refractivity contribution in [3.05, 3.63) is 101 Å². The number of carbonyl (C=O) groups excluding carboxylic acids is 1. The van der Waals surface area contributed by atoms with Crippen molar-refractivity contribution in [2.45, 2.75) is 100 Å². The molecular formula is C45H52IrNO3S-. The quantitative estimate of drug-likeness (QED) is 0.0893. The fraction of sp³-hybridized carbons (Fsp3) is 0.378. The van der Waals surface area contributed by atoms with Crippen LogP contribution in [0.2, 0.25) is 0 Å². The fourth-order valence-corrected chi connectivity index (χ4v) is 7.26. The summed E-state index contributed by atoms with van der Waals surface area (Å²) in [4.78, 5) is 16.9. The molecule has 51 heavy (non-hydrogen) atoms. The van der Waals surface area contributed by atoms with Crippen molar-refractivity contribution in [1.29, 1.82) is 0 Å². The molecule has 0 aliphatic rings. The number of aliphatic hydroxyl groups is 1. The number of aliphatic hydroxyl groups excluding tert-OH is 1. The number of hydrogen-bond acceptors (Lipinski definition) is 5. The Morgan fingerprint density at radius 3 is 2.20 bits per heavy atom. The van der Waals surface area contributed by atoms with Crippen LogP contribution in [0.4, 0.5) is 0 Å². The first-order chi connectivity index (χ1) is 23.7. The number of rotatable bonds is 9. The van der Waals surface area contributed by atoms with Gasteiger partial charge in [0.15, 0.2) is 5.78 Å². The molecule has 6 heteroatoms. The number of furan rings is 1. The van der Waals surface area contributed by atoms with E-state index in [-0.39, 0.29) is 47.9 Å². The molecule has 4 nitrogen and oxygen atoms in total. The Kier molecular flexibility index (Phi) is 12.6. The number of aryl methyl sites for hydroxylation is 1. The molecule has 0 saturated carbocycles. The molecule has 3 heterocycles. The van der Waals surface area contributed by atoms with Crippen molar-refractivity contribution >= 4 is 48.9 Å². The molecule has 0 bridgehead atoms. The summed E-state index contributed by atoms with van der Waals surface area (Å²) in [5.41, 5.74) is 5.70. The fourth-order valence-electron chi connectivity index (χ4n) is 6.27. The summed E-state index contributed by atoms with van der Waals surface area (Å²) in [6.07, 6.45) is 6.62. The SMILES string of the molecule is CCC(C)(CC)C(=O)/C=C(\O)C(C)(CC)CC.Cc1csc2cc(-c3cc4ccnc(-c5[c-]c6ccccc6c(C(C)(C)C)c5)c4o3)ccc12.[Ir]. The van der Waals surface area contributed by atoms with E-state index >= 15 is 0 Å². The first-order valence-corrected chi connectivity index (χ1v) is 18.8. The summed E-state index contributed by atoms with van der Waals surface area (Å²) < 4.78 is 7.73. The van der Waals surface area contributed by atoms with Crippen molar-refractivity contribution in [2.24, 2.45) is 10.8 Å². The van der Waals surface area contributed by atoms with Crippen LogP contribution in [0.15, 0.2) is 88.5 Å². The van der Waals surface area contributed by atoms with E-state index in [9.17, 15) is 9.90 Å². The van der Waals surface area contributed by atoms with Gasteiger partial charge in [0, 0.05) is 64.6 Å². The van der Waals surface area contributed by atoms with Crippen molar-refractivity contribution in [3.63, 3.8) is 0 Å². The van der Waals surface area contributed by atoms with Crippen LogP contribution in [0.1, 0.15) is 99.1 Å². The molecule has 6 aromatic rings. The summed E-state index contributed by atoms with van der Waals surface area (Å²) in [5.74, 6) is 1.15. The van der Waals surface area contributed by atoms with Crippen LogP contribution < -0.4 is 0 Å². The minimum Gasteiger partial charge on any atom is -0.512 e. The van der Waals surface area contributed by atoms with Gasteiger partial charge in [-0.05, 0) is 72.6 Å². The van der Waals surface area contributed by atoms with E-state index in [2.05, 4.69) is 93.7 Å². The van der Waals surface area contributed by atoms with Gasteiger partial charge in [-0.2, -0.15) is 0 Å². The van der Waals surface area contributed by atoms with Crippen LogP contribution in [0.5, 0.6) is 0 Å². The third-order valence-corrected chi connectivity index (χ3v) is 12.0. The van der Waals surface area contributed by atoms with Gasteiger partial charge in [-0.15, -0.1) is 40.5 Å². The van der Waals surface area contributed by atoms with E-state index in [0.717, 1.165) is 64.6 Å². The molecule has 1 N–H and O–H groups in total. The summed E-state index contributed by atoms with van der Waals surface area (Å²) in [5, 5.41) is 17.0. The second-order valence-corrected chi connectivity index (χ2v) is 16.1. The Morgan fingerprint density at radius 2 is 1.55 bits per heavy atom. The maximum Gasteiger partial charge on any atom is 0.164 e. The maximum atomic E-state index is 12.2. The third kappa shape index (κ3) is 8.25. The number of fused-ring (bicyclic) bond motifs is 3. The average Bonchev–Trinajstić information content (AvgIpc) is 3.73. The molecule has 0 unspecified atom stereocenters. The van der Waals surface area contributed by atoms with Gasteiger partial charge >= 0.3 is 0 Å². The molecule has 3 aromatic heterocycles. The van der Waals surface area contributed by atoms with Crippen molar-refractivity contribution in [2.75, 3.05) is 0 Å². The Labute approximate surface area is 321 Å². The molecule has 0 aliphatic heterocycles.